The number of rotatable bonds is 4. The number of aromatic nitrogens is 3. The number of nitrogens with one attached hydrogen (secondary N) is 1. The Kier molecular flexibility index (Phi) is 3.60. The fourth-order valence-electron chi connectivity index (χ4n) is 2.39. The zero-order valence-corrected chi connectivity index (χ0v) is 12.7. The Morgan fingerprint density at radius 3 is 2.67 bits per heavy atom. The van der Waals surface area contributed by atoms with Gasteiger partial charge in [0, 0.05) is 18.9 Å². The van der Waals surface area contributed by atoms with E-state index in [2.05, 4.69) is 53.5 Å². The number of hydrogen-bond donors (Lipinski definition) is 1. The number of anilines is 1. The van der Waals surface area contributed by atoms with Crippen LogP contribution in [0.3, 0.4) is 0 Å². The molecule has 0 amide bonds. The molecule has 108 valence electrons. The quantitative estimate of drug-likeness (QED) is 0.791. The van der Waals surface area contributed by atoms with E-state index in [1.165, 1.54) is 11.1 Å². The molecular formula is C17H20N4. The molecule has 4 heteroatoms. The van der Waals surface area contributed by atoms with Gasteiger partial charge < -0.3 is 5.32 Å². The van der Waals surface area contributed by atoms with Crippen LogP contribution in [-0.2, 0) is 6.54 Å². The molecule has 0 saturated carbocycles. The second-order valence-corrected chi connectivity index (χ2v) is 5.64. The standard InChI is InChI=1S/C17H20N4/c1-12(2)15-6-4-14(5-7-15)11-19-17-16-10-13(3)20-21(16)9-8-18-17/h4-10,12H,11H2,1-3H3,(H,18,19). The molecule has 1 aromatic carbocycles. The Labute approximate surface area is 124 Å². The van der Waals surface area contributed by atoms with Gasteiger partial charge in [-0.1, -0.05) is 38.1 Å². The maximum Gasteiger partial charge on any atom is 0.152 e. The van der Waals surface area contributed by atoms with Crippen LogP contribution in [0, 0.1) is 6.92 Å². The average molecular weight is 280 g/mol. The summed E-state index contributed by atoms with van der Waals surface area (Å²) < 4.78 is 1.85. The van der Waals surface area contributed by atoms with Crippen LogP contribution >= 0.6 is 0 Å². The van der Waals surface area contributed by atoms with Crippen molar-refractivity contribution in [2.75, 3.05) is 5.32 Å². The van der Waals surface area contributed by atoms with E-state index in [9.17, 15) is 0 Å². The molecule has 3 aromatic rings. The Bertz CT molecular complexity index is 741. The first kappa shape index (κ1) is 13.6. The van der Waals surface area contributed by atoms with Crippen molar-refractivity contribution in [2.24, 2.45) is 0 Å². The summed E-state index contributed by atoms with van der Waals surface area (Å²) in [6.45, 7) is 7.16. The van der Waals surface area contributed by atoms with E-state index in [1.807, 2.05) is 23.7 Å². The Hall–Kier alpha value is -2.36. The molecule has 0 aliphatic rings. The summed E-state index contributed by atoms with van der Waals surface area (Å²) >= 11 is 0. The first-order valence-corrected chi connectivity index (χ1v) is 7.27. The van der Waals surface area contributed by atoms with E-state index >= 15 is 0 Å². The fraction of sp³-hybridized carbons (Fsp3) is 0.294. The van der Waals surface area contributed by atoms with E-state index in [0.29, 0.717) is 5.92 Å². The topological polar surface area (TPSA) is 42.2 Å². The van der Waals surface area contributed by atoms with Crippen LogP contribution in [0.5, 0.6) is 0 Å². The summed E-state index contributed by atoms with van der Waals surface area (Å²) in [4.78, 5) is 4.41. The average Bonchev–Trinajstić information content (AvgIpc) is 2.86. The summed E-state index contributed by atoms with van der Waals surface area (Å²) in [5.74, 6) is 1.43. The van der Waals surface area contributed by atoms with Crippen LogP contribution in [0.4, 0.5) is 5.82 Å². The lowest BCUT2D eigenvalue weighted by Crippen LogP contribution is -2.03. The second kappa shape index (κ2) is 5.56. The smallest absolute Gasteiger partial charge is 0.152 e. The number of nitrogens with zero attached hydrogens (tertiary/aromatic N) is 3. The van der Waals surface area contributed by atoms with Crippen molar-refractivity contribution in [2.45, 2.75) is 33.2 Å². The first-order chi connectivity index (χ1) is 10.1. The van der Waals surface area contributed by atoms with E-state index in [-0.39, 0.29) is 0 Å². The fourth-order valence-corrected chi connectivity index (χ4v) is 2.39. The molecule has 0 unspecified atom stereocenters. The third-order valence-electron chi connectivity index (χ3n) is 3.62. The number of aryl methyl sites for hydroxylation is 1. The summed E-state index contributed by atoms with van der Waals surface area (Å²) in [6, 6.07) is 10.8. The third-order valence-corrected chi connectivity index (χ3v) is 3.62. The predicted octanol–water partition coefficient (Wildman–Crippen LogP) is 3.77. The molecule has 0 atom stereocenters. The van der Waals surface area contributed by atoms with Crippen molar-refractivity contribution in [3.63, 3.8) is 0 Å². The van der Waals surface area contributed by atoms with Gasteiger partial charge in [-0.15, -0.1) is 0 Å². The van der Waals surface area contributed by atoms with E-state index < -0.39 is 0 Å². The number of hydrogen-bond acceptors (Lipinski definition) is 3. The van der Waals surface area contributed by atoms with Gasteiger partial charge in [0.15, 0.2) is 5.82 Å². The summed E-state index contributed by atoms with van der Waals surface area (Å²) in [5.41, 5.74) is 4.62. The van der Waals surface area contributed by atoms with Crippen LogP contribution < -0.4 is 5.32 Å². The summed E-state index contributed by atoms with van der Waals surface area (Å²) in [5, 5.41) is 7.79. The molecule has 0 saturated heterocycles. The SMILES string of the molecule is Cc1cc2c(NCc3ccc(C(C)C)cc3)nccn2n1. The minimum absolute atomic E-state index is 0.567. The monoisotopic (exact) mass is 280 g/mol. The van der Waals surface area contributed by atoms with Crippen molar-refractivity contribution in [3.8, 4) is 0 Å². The molecule has 3 rings (SSSR count). The zero-order chi connectivity index (χ0) is 14.8. The maximum atomic E-state index is 4.41. The van der Waals surface area contributed by atoms with Crippen LogP contribution in [0.2, 0.25) is 0 Å². The highest BCUT2D eigenvalue weighted by molar-refractivity contribution is 5.67. The molecule has 0 aliphatic carbocycles. The lowest BCUT2D eigenvalue weighted by Gasteiger charge is -2.09. The van der Waals surface area contributed by atoms with Gasteiger partial charge >= 0.3 is 0 Å². The first-order valence-electron chi connectivity index (χ1n) is 7.27. The molecule has 1 N–H and O–H groups in total. The molecular weight excluding hydrogens is 260 g/mol. The largest absolute Gasteiger partial charge is 0.364 e. The van der Waals surface area contributed by atoms with Gasteiger partial charge in [-0.05, 0) is 30.0 Å². The van der Waals surface area contributed by atoms with Gasteiger partial charge in [0.1, 0.15) is 5.52 Å². The van der Waals surface area contributed by atoms with Gasteiger partial charge in [-0.3, -0.25) is 0 Å². The summed E-state index contributed by atoms with van der Waals surface area (Å²) in [6.07, 6.45) is 3.63. The molecule has 0 bridgehead atoms. The van der Waals surface area contributed by atoms with Gasteiger partial charge in [0.2, 0.25) is 0 Å². The highest BCUT2D eigenvalue weighted by atomic mass is 15.2. The normalized spacial score (nSPS) is 11.2. The Balaban J connectivity index is 1.77. The van der Waals surface area contributed by atoms with Crippen molar-refractivity contribution >= 4 is 11.3 Å². The second-order valence-electron chi connectivity index (χ2n) is 5.64. The molecule has 2 heterocycles. The Morgan fingerprint density at radius 2 is 1.95 bits per heavy atom. The third kappa shape index (κ3) is 2.89. The highest BCUT2D eigenvalue weighted by Crippen LogP contribution is 2.17. The van der Waals surface area contributed by atoms with E-state index in [1.54, 1.807) is 6.20 Å². The minimum Gasteiger partial charge on any atom is -0.364 e. The lowest BCUT2D eigenvalue weighted by molar-refractivity contribution is 0.865. The van der Waals surface area contributed by atoms with Gasteiger partial charge in [-0.2, -0.15) is 5.10 Å². The van der Waals surface area contributed by atoms with Crippen LogP contribution in [0.15, 0.2) is 42.7 Å². The van der Waals surface area contributed by atoms with Crippen LogP contribution in [0.25, 0.3) is 5.52 Å². The van der Waals surface area contributed by atoms with Crippen molar-refractivity contribution in [3.05, 3.63) is 59.5 Å². The number of fused-ring (bicyclic) bond motifs is 1. The zero-order valence-electron chi connectivity index (χ0n) is 12.7. The van der Waals surface area contributed by atoms with Crippen molar-refractivity contribution in [1.29, 1.82) is 0 Å². The molecule has 0 radical (unpaired) electrons. The highest BCUT2D eigenvalue weighted by Gasteiger charge is 2.05. The van der Waals surface area contributed by atoms with Gasteiger partial charge in [-0.25, -0.2) is 9.50 Å². The molecule has 21 heavy (non-hydrogen) atoms. The molecule has 0 fully saturated rings. The van der Waals surface area contributed by atoms with E-state index in [0.717, 1.165) is 23.6 Å². The molecule has 0 aliphatic heterocycles. The van der Waals surface area contributed by atoms with Gasteiger partial charge in [0.25, 0.3) is 0 Å². The Morgan fingerprint density at radius 1 is 1.19 bits per heavy atom. The van der Waals surface area contributed by atoms with Gasteiger partial charge in [0.05, 0.1) is 5.69 Å². The maximum absolute atomic E-state index is 4.41. The molecule has 4 nitrogen and oxygen atoms in total. The molecule has 2 aromatic heterocycles. The number of benzene rings is 1. The van der Waals surface area contributed by atoms with Crippen LogP contribution in [-0.4, -0.2) is 14.6 Å². The lowest BCUT2D eigenvalue weighted by atomic mass is 10.0. The van der Waals surface area contributed by atoms with Crippen molar-refractivity contribution in [1.82, 2.24) is 14.6 Å². The van der Waals surface area contributed by atoms with E-state index in [4.69, 9.17) is 0 Å². The van der Waals surface area contributed by atoms with Crippen LogP contribution in [0.1, 0.15) is 36.6 Å². The van der Waals surface area contributed by atoms with Crippen molar-refractivity contribution < 1.29 is 0 Å². The minimum atomic E-state index is 0.567. The summed E-state index contributed by atoms with van der Waals surface area (Å²) in [7, 11) is 0. The predicted molar refractivity (Wildman–Crippen MR) is 85.6 cm³/mol. The molecule has 0 spiro atoms.